The smallest absolute Gasteiger partial charge is 0.226 e. The molecular weight excluding hydrogens is 276 g/mol. The van der Waals surface area contributed by atoms with Gasteiger partial charge >= 0.3 is 0 Å². The Labute approximate surface area is 131 Å². The summed E-state index contributed by atoms with van der Waals surface area (Å²) in [5.74, 6) is 0.794. The molecule has 22 heavy (non-hydrogen) atoms. The van der Waals surface area contributed by atoms with Crippen LogP contribution in [0.3, 0.4) is 0 Å². The molecule has 3 unspecified atom stereocenters. The Morgan fingerprint density at radius 2 is 2.14 bits per heavy atom. The molecule has 1 saturated carbocycles. The van der Waals surface area contributed by atoms with Gasteiger partial charge in [0.1, 0.15) is 5.69 Å². The summed E-state index contributed by atoms with van der Waals surface area (Å²) in [6, 6.07) is 7.42. The fourth-order valence-electron chi connectivity index (χ4n) is 4.07. The molecule has 1 aliphatic carbocycles. The quantitative estimate of drug-likeness (QED) is 0.564. The number of nitrogens with zero attached hydrogens (tertiary/aromatic N) is 2. The molecule has 1 aromatic carbocycles. The lowest BCUT2D eigenvalue weighted by atomic mass is 9.91. The zero-order chi connectivity index (χ0) is 15.7. The lowest BCUT2D eigenvalue weighted by Crippen LogP contribution is -2.34. The van der Waals surface area contributed by atoms with Crippen molar-refractivity contribution in [2.24, 2.45) is 17.0 Å². The zero-order valence-electron chi connectivity index (χ0n) is 13.4. The van der Waals surface area contributed by atoms with Crippen LogP contribution in [-0.4, -0.2) is 23.9 Å². The zero-order valence-corrected chi connectivity index (χ0v) is 13.4. The van der Waals surface area contributed by atoms with Crippen molar-refractivity contribution in [3.05, 3.63) is 34.7 Å². The normalized spacial score (nSPS) is 29.5. The van der Waals surface area contributed by atoms with E-state index in [1.54, 1.807) is 6.07 Å². The Hall–Kier alpha value is -1.71. The van der Waals surface area contributed by atoms with Crippen molar-refractivity contribution < 1.29 is 4.79 Å². The molecule has 1 heterocycles. The second-order valence-corrected chi connectivity index (χ2v) is 6.85. The minimum Gasteiger partial charge on any atom is -0.342 e. The topological polar surface area (TPSA) is 49.7 Å². The van der Waals surface area contributed by atoms with E-state index in [0.29, 0.717) is 17.5 Å². The van der Waals surface area contributed by atoms with E-state index in [4.69, 9.17) is 0 Å². The van der Waals surface area contributed by atoms with Crippen molar-refractivity contribution in [2.75, 3.05) is 13.1 Å². The average Bonchev–Trinajstić information content (AvgIpc) is 2.99. The molecule has 4 nitrogen and oxygen atoms in total. The molecule has 0 spiro atoms. The third kappa shape index (κ3) is 2.34. The molecule has 1 aromatic rings. The Kier molecular flexibility index (Phi) is 4.02. The molecule has 1 amide bonds. The highest BCUT2D eigenvalue weighted by atomic mass is 16.3. The first-order valence-electron chi connectivity index (χ1n) is 8.35. The highest BCUT2D eigenvalue weighted by Crippen LogP contribution is 2.64. The van der Waals surface area contributed by atoms with E-state index in [1.807, 2.05) is 23.1 Å². The van der Waals surface area contributed by atoms with Crippen LogP contribution in [0.1, 0.15) is 45.1 Å². The number of likely N-dealkylation sites (tertiary alicyclic amines) is 1. The second-order valence-electron chi connectivity index (χ2n) is 6.85. The van der Waals surface area contributed by atoms with Gasteiger partial charge in [-0.3, -0.25) is 4.79 Å². The summed E-state index contributed by atoms with van der Waals surface area (Å²) in [7, 11) is 0. The lowest BCUT2D eigenvalue weighted by Gasteiger charge is -2.24. The molecule has 2 fully saturated rings. The van der Waals surface area contributed by atoms with Gasteiger partial charge in [-0.25, -0.2) is 0 Å². The van der Waals surface area contributed by atoms with E-state index in [9.17, 15) is 9.70 Å². The molecule has 0 N–H and O–H groups in total. The van der Waals surface area contributed by atoms with Crippen molar-refractivity contribution in [2.45, 2.75) is 44.9 Å². The highest BCUT2D eigenvalue weighted by Gasteiger charge is 2.70. The summed E-state index contributed by atoms with van der Waals surface area (Å²) >= 11 is 0. The van der Waals surface area contributed by atoms with Crippen LogP contribution in [0.25, 0.3) is 0 Å². The second kappa shape index (κ2) is 5.82. The summed E-state index contributed by atoms with van der Waals surface area (Å²) in [6.07, 6.45) is 4.79. The van der Waals surface area contributed by atoms with Gasteiger partial charge in [0.25, 0.3) is 0 Å². The van der Waals surface area contributed by atoms with Crippen LogP contribution in [0.4, 0.5) is 5.69 Å². The predicted molar refractivity (Wildman–Crippen MR) is 87.0 cm³/mol. The van der Waals surface area contributed by atoms with Gasteiger partial charge in [-0.05, 0) is 35.2 Å². The minimum atomic E-state index is -0.0995. The maximum Gasteiger partial charge on any atom is 0.226 e. The van der Waals surface area contributed by atoms with Crippen LogP contribution in [-0.2, 0) is 10.2 Å². The van der Waals surface area contributed by atoms with Crippen molar-refractivity contribution in [3.8, 4) is 0 Å². The van der Waals surface area contributed by atoms with Gasteiger partial charge in [0.2, 0.25) is 5.91 Å². The third-order valence-electron chi connectivity index (χ3n) is 5.56. The number of hydrogen-bond donors (Lipinski definition) is 0. The first-order chi connectivity index (χ1) is 10.6. The summed E-state index contributed by atoms with van der Waals surface area (Å²) < 4.78 is 0. The number of carbonyl (C=O) groups excluding carboxylic acids is 1. The number of fused-ring (bicyclic) bond motifs is 1. The summed E-state index contributed by atoms with van der Waals surface area (Å²) in [6.45, 7) is 6.12. The molecule has 1 aliphatic heterocycles. The highest BCUT2D eigenvalue weighted by molar-refractivity contribution is 5.88. The molecule has 0 radical (unpaired) electrons. The van der Waals surface area contributed by atoms with E-state index >= 15 is 0 Å². The molecule has 3 atom stereocenters. The number of carbonyl (C=O) groups is 1. The van der Waals surface area contributed by atoms with Crippen LogP contribution in [0.2, 0.25) is 0 Å². The number of rotatable bonds is 7. The van der Waals surface area contributed by atoms with Crippen molar-refractivity contribution >= 4 is 11.6 Å². The van der Waals surface area contributed by atoms with Gasteiger partial charge in [-0.2, -0.15) is 0 Å². The Bertz CT molecular complexity index is 586. The van der Waals surface area contributed by atoms with Crippen molar-refractivity contribution in [1.82, 2.24) is 4.90 Å². The lowest BCUT2D eigenvalue weighted by molar-refractivity contribution is -0.130. The fraction of sp³-hybridized carbons (Fsp3) is 0.611. The average molecular weight is 300 g/mol. The number of hydrogen-bond acceptors (Lipinski definition) is 3. The number of unbranched alkanes of at least 4 members (excludes halogenated alkanes) is 3. The van der Waals surface area contributed by atoms with Crippen LogP contribution in [0.5, 0.6) is 0 Å². The van der Waals surface area contributed by atoms with Gasteiger partial charge < -0.3 is 4.90 Å². The van der Waals surface area contributed by atoms with E-state index in [-0.39, 0.29) is 11.3 Å². The summed E-state index contributed by atoms with van der Waals surface area (Å²) in [5, 5.41) is 3.01. The van der Waals surface area contributed by atoms with E-state index in [2.05, 4.69) is 19.0 Å². The molecule has 0 aromatic heterocycles. The molecule has 3 rings (SSSR count). The van der Waals surface area contributed by atoms with E-state index in [0.717, 1.165) is 25.1 Å². The number of amides is 1. The van der Waals surface area contributed by atoms with E-state index in [1.165, 1.54) is 19.3 Å². The van der Waals surface area contributed by atoms with Crippen LogP contribution < -0.4 is 0 Å². The summed E-state index contributed by atoms with van der Waals surface area (Å²) in [4.78, 5) is 25.3. The predicted octanol–water partition coefficient (Wildman–Crippen LogP) is 4.01. The van der Waals surface area contributed by atoms with Crippen LogP contribution >= 0.6 is 0 Å². The van der Waals surface area contributed by atoms with Gasteiger partial charge in [0, 0.05) is 18.5 Å². The van der Waals surface area contributed by atoms with Crippen molar-refractivity contribution in [1.29, 1.82) is 0 Å². The molecular formula is C18H24N2O2. The molecule has 1 saturated heterocycles. The first kappa shape index (κ1) is 15.2. The van der Waals surface area contributed by atoms with Crippen LogP contribution in [0, 0.1) is 16.7 Å². The third-order valence-corrected chi connectivity index (χ3v) is 5.56. The largest absolute Gasteiger partial charge is 0.342 e. The Morgan fingerprint density at radius 3 is 2.77 bits per heavy atom. The van der Waals surface area contributed by atoms with Gasteiger partial charge in [-0.1, -0.05) is 45.2 Å². The van der Waals surface area contributed by atoms with Crippen LogP contribution in [0.15, 0.2) is 29.4 Å². The van der Waals surface area contributed by atoms with E-state index < -0.39 is 0 Å². The maximum atomic E-state index is 12.6. The van der Waals surface area contributed by atoms with Gasteiger partial charge in [-0.15, -0.1) is 4.91 Å². The Morgan fingerprint density at radius 1 is 1.32 bits per heavy atom. The van der Waals surface area contributed by atoms with Gasteiger partial charge in [0.15, 0.2) is 0 Å². The Balaban J connectivity index is 1.64. The number of piperidine rings is 1. The SMILES string of the molecule is CCCCCCN1CC2C(C1=O)C2(C)c1cccc(N=O)c1. The standard InChI is InChI=1S/C18H24N2O2/c1-3-4-5-6-10-20-12-15-16(17(20)21)18(15,2)13-8-7-9-14(11-13)19-22/h7-9,11,15-16H,3-6,10,12H2,1-2H3. The maximum absolute atomic E-state index is 12.6. The molecule has 118 valence electrons. The minimum absolute atomic E-state index is 0.0978. The van der Waals surface area contributed by atoms with Gasteiger partial charge in [0.05, 0.1) is 5.92 Å². The summed E-state index contributed by atoms with van der Waals surface area (Å²) in [5.41, 5.74) is 1.43. The molecule has 4 heteroatoms. The number of benzene rings is 1. The monoisotopic (exact) mass is 300 g/mol. The first-order valence-corrected chi connectivity index (χ1v) is 8.35. The molecule has 0 bridgehead atoms. The molecule has 2 aliphatic rings. The fourth-order valence-corrected chi connectivity index (χ4v) is 4.07. The van der Waals surface area contributed by atoms with Crippen molar-refractivity contribution in [3.63, 3.8) is 0 Å². The number of nitroso groups, excluding NO2 is 1.